The molecule has 0 aliphatic heterocycles. The molecule has 19 heavy (non-hydrogen) atoms. The standard InChI is InChI=1S/C13H20N2O2S2/c1-12(2,3)9-13(4,5)15-19(16,17)11-7-6-10(8-14)18-11/h6-7,15H,9H2,1-5H3. The molecule has 0 atom stereocenters. The van der Waals surface area contributed by atoms with Gasteiger partial charge in [-0.15, -0.1) is 11.3 Å². The van der Waals surface area contributed by atoms with Gasteiger partial charge in [-0.2, -0.15) is 5.26 Å². The van der Waals surface area contributed by atoms with Gasteiger partial charge in [-0.1, -0.05) is 20.8 Å². The minimum absolute atomic E-state index is 0.0271. The fraction of sp³-hybridized carbons (Fsp3) is 0.615. The van der Waals surface area contributed by atoms with Crippen molar-refractivity contribution in [3.8, 4) is 6.07 Å². The van der Waals surface area contributed by atoms with Crippen LogP contribution < -0.4 is 4.72 Å². The molecule has 106 valence electrons. The van der Waals surface area contributed by atoms with E-state index in [2.05, 4.69) is 25.5 Å². The molecule has 0 amide bonds. The minimum atomic E-state index is -3.56. The molecule has 0 saturated heterocycles. The molecule has 1 heterocycles. The molecule has 1 aromatic rings. The van der Waals surface area contributed by atoms with Crippen molar-refractivity contribution in [1.29, 1.82) is 5.26 Å². The van der Waals surface area contributed by atoms with Crippen LogP contribution >= 0.6 is 11.3 Å². The van der Waals surface area contributed by atoms with Crippen LogP contribution in [0, 0.1) is 16.7 Å². The third-order valence-corrected chi connectivity index (χ3v) is 5.52. The topological polar surface area (TPSA) is 70.0 Å². The molecule has 0 spiro atoms. The third-order valence-electron chi connectivity index (χ3n) is 2.34. The van der Waals surface area contributed by atoms with Crippen molar-refractivity contribution < 1.29 is 8.42 Å². The van der Waals surface area contributed by atoms with E-state index in [0.29, 0.717) is 4.88 Å². The molecule has 4 nitrogen and oxygen atoms in total. The van der Waals surface area contributed by atoms with E-state index >= 15 is 0 Å². The molecule has 0 bridgehead atoms. The lowest BCUT2D eigenvalue weighted by atomic mass is 9.82. The highest BCUT2D eigenvalue weighted by molar-refractivity contribution is 7.91. The lowest BCUT2D eigenvalue weighted by molar-refractivity contribution is 0.269. The van der Waals surface area contributed by atoms with Crippen LogP contribution in [0.5, 0.6) is 0 Å². The summed E-state index contributed by atoms with van der Waals surface area (Å²) in [6.07, 6.45) is 0.718. The highest BCUT2D eigenvalue weighted by atomic mass is 32.2. The van der Waals surface area contributed by atoms with Crippen LogP contribution in [0.2, 0.25) is 0 Å². The number of hydrogen-bond donors (Lipinski definition) is 1. The summed E-state index contributed by atoms with van der Waals surface area (Å²) in [7, 11) is -3.56. The Morgan fingerprint density at radius 2 is 1.84 bits per heavy atom. The van der Waals surface area contributed by atoms with Gasteiger partial charge in [-0.05, 0) is 37.8 Å². The first-order valence-electron chi connectivity index (χ1n) is 5.99. The van der Waals surface area contributed by atoms with Crippen LogP contribution in [0.3, 0.4) is 0 Å². The molecule has 1 aromatic heterocycles. The van der Waals surface area contributed by atoms with Gasteiger partial charge in [-0.3, -0.25) is 0 Å². The summed E-state index contributed by atoms with van der Waals surface area (Å²) in [6.45, 7) is 9.95. The number of sulfonamides is 1. The lowest BCUT2D eigenvalue weighted by Gasteiger charge is -2.32. The maximum atomic E-state index is 12.3. The van der Waals surface area contributed by atoms with Crippen molar-refractivity contribution >= 4 is 21.4 Å². The largest absolute Gasteiger partial charge is 0.250 e. The Morgan fingerprint density at radius 1 is 1.26 bits per heavy atom. The lowest BCUT2D eigenvalue weighted by Crippen LogP contribution is -2.45. The van der Waals surface area contributed by atoms with E-state index in [9.17, 15) is 8.42 Å². The summed E-state index contributed by atoms with van der Waals surface area (Å²) in [5, 5.41) is 8.75. The molecule has 0 unspecified atom stereocenters. The van der Waals surface area contributed by atoms with E-state index in [1.54, 1.807) is 0 Å². The van der Waals surface area contributed by atoms with Gasteiger partial charge in [0.25, 0.3) is 10.0 Å². The predicted molar refractivity (Wildman–Crippen MR) is 77.5 cm³/mol. The van der Waals surface area contributed by atoms with Gasteiger partial charge in [0.05, 0.1) is 0 Å². The molecule has 1 rings (SSSR count). The van der Waals surface area contributed by atoms with Crippen molar-refractivity contribution in [1.82, 2.24) is 4.72 Å². The van der Waals surface area contributed by atoms with E-state index in [1.807, 2.05) is 19.9 Å². The third kappa shape index (κ3) is 4.94. The quantitative estimate of drug-likeness (QED) is 0.928. The average Bonchev–Trinajstić information content (AvgIpc) is 2.59. The second-order valence-corrected chi connectivity index (χ2v) is 9.45. The first kappa shape index (κ1) is 16.2. The van der Waals surface area contributed by atoms with Crippen LogP contribution in [0.4, 0.5) is 0 Å². The van der Waals surface area contributed by atoms with Gasteiger partial charge in [0.2, 0.25) is 0 Å². The van der Waals surface area contributed by atoms with Gasteiger partial charge < -0.3 is 0 Å². The van der Waals surface area contributed by atoms with E-state index < -0.39 is 15.6 Å². The minimum Gasteiger partial charge on any atom is -0.206 e. The van der Waals surface area contributed by atoms with Crippen LogP contribution in [0.25, 0.3) is 0 Å². The van der Waals surface area contributed by atoms with Crippen LogP contribution in [-0.4, -0.2) is 14.0 Å². The summed E-state index contributed by atoms with van der Waals surface area (Å²) < 4.78 is 27.4. The zero-order chi connectivity index (χ0) is 14.9. The molecule has 0 aliphatic rings. The van der Waals surface area contributed by atoms with Crippen LogP contribution in [-0.2, 0) is 10.0 Å². The number of hydrogen-bond acceptors (Lipinski definition) is 4. The van der Waals surface area contributed by atoms with E-state index in [1.165, 1.54) is 12.1 Å². The summed E-state index contributed by atoms with van der Waals surface area (Å²) >= 11 is 0.987. The number of thiophene rings is 1. The van der Waals surface area contributed by atoms with Gasteiger partial charge in [0.15, 0.2) is 0 Å². The molecule has 6 heteroatoms. The van der Waals surface area contributed by atoms with Crippen molar-refractivity contribution in [2.24, 2.45) is 5.41 Å². The second-order valence-electron chi connectivity index (χ2n) is 6.46. The van der Waals surface area contributed by atoms with E-state index in [-0.39, 0.29) is 9.62 Å². The predicted octanol–water partition coefficient (Wildman–Crippen LogP) is 3.11. The smallest absolute Gasteiger partial charge is 0.206 e. The summed E-state index contributed by atoms with van der Waals surface area (Å²) in [5.41, 5.74) is -0.507. The Morgan fingerprint density at radius 3 is 2.26 bits per heavy atom. The highest BCUT2D eigenvalue weighted by Crippen LogP contribution is 2.29. The first-order valence-corrected chi connectivity index (χ1v) is 8.29. The molecule has 0 saturated carbocycles. The monoisotopic (exact) mass is 300 g/mol. The van der Waals surface area contributed by atoms with Gasteiger partial charge >= 0.3 is 0 Å². The Balaban J connectivity index is 2.94. The maximum absolute atomic E-state index is 12.3. The number of nitriles is 1. The number of nitrogens with one attached hydrogen (secondary N) is 1. The molecule has 0 aromatic carbocycles. The van der Waals surface area contributed by atoms with Crippen molar-refractivity contribution in [2.45, 2.75) is 50.8 Å². The fourth-order valence-corrected chi connectivity index (χ4v) is 4.82. The summed E-state index contributed by atoms with van der Waals surface area (Å²) in [5.74, 6) is 0. The Bertz CT molecular complexity index is 587. The summed E-state index contributed by atoms with van der Waals surface area (Å²) in [4.78, 5) is 0.397. The van der Waals surface area contributed by atoms with Crippen molar-refractivity contribution in [3.05, 3.63) is 17.0 Å². The molecule has 1 N–H and O–H groups in total. The maximum Gasteiger partial charge on any atom is 0.250 e. The second kappa shape index (κ2) is 5.23. The van der Waals surface area contributed by atoms with Gasteiger partial charge in [0, 0.05) is 5.54 Å². The normalized spacial score (nSPS) is 13.3. The zero-order valence-corrected chi connectivity index (χ0v) is 13.6. The van der Waals surface area contributed by atoms with E-state index in [0.717, 1.165) is 17.8 Å². The Labute approximate surface area is 119 Å². The average molecular weight is 300 g/mol. The van der Waals surface area contributed by atoms with Crippen LogP contribution in [0.1, 0.15) is 45.9 Å². The summed E-state index contributed by atoms with van der Waals surface area (Å²) in [6, 6.07) is 4.94. The molecule has 0 fully saturated rings. The SMILES string of the molecule is CC(C)(C)CC(C)(C)NS(=O)(=O)c1ccc(C#N)s1. The molecule has 0 aliphatic carbocycles. The number of rotatable bonds is 4. The van der Waals surface area contributed by atoms with Crippen molar-refractivity contribution in [2.75, 3.05) is 0 Å². The zero-order valence-electron chi connectivity index (χ0n) is 11.9. The van der Waals surface area contributed by atoms with Crippen molar-refractivity contribution in [3.63, 3.8) is 0 Å². The molecular weight excluding hydrogens is 280 g/mol. The van der Waals surface area contributed by atoms with E-state index in [4.69, 9.17) is 5.26 Å². The molecule has 0 radical (unpaired) electrons. The Hall–Kier alpha value is -0.900. The Kier molecular flexibility index (Phi) is 4.45. The molecular formula is C13H20N2O2S2. The fourth-order valence-electron chi connectivity index (χ4n) is 2.30. The highest BCUT2D eigenvalue weighted by Gasteiger charge is 2.31. The first-order chi connectivity index (χ1) is 8.45. The van der Waals surface area contributed by atoms with Gasteiger partial charge in [-0.25, -0.2) is 13.1 Å². The van der Waals surface area contributed by atoms with Gasteiger partial charge in [0.1, 0.15) is 15.2 Å². The number of nitrogens with zero attached hydrogens (tertiary/aromatic N) is 1. The van der Waals surface area contributed by atoms with Crippen LogP contribution in [0.15, 0.2) is 16.3 Å².